The van der Waals surface area contributed by atoms with Crippen molar-refractivity contribution in [3.05, 3.63) is 59.8 Å². The molecule has 0 atom stereocenters. The van der Waals surface area contributed by atoms with Crippen LogP contribution in [0.15, 0.2) is 48.7 Å². The van der Waals surface area contributed by atoms with Crippen LogP contribution >= 0.6 is 0 Å². The summed E-state index contributed by atoms with van der Waals surface area (Å²) in [6, 6.07) is 13.9. The lowest BCUT2D eigenvalue weighted by Gasteiger charge is -2.04. The summed E-state index contributed by atoms with van der Waals surface area (Å²) in [5.41, 5.74) is 2.29. The lowest BCUT2D eigenvalue weighted by molar-refractivity contribution is 0.294. The minimum absolute atomic E-state index is 0.566. The molecule has 15 heavy (non-hydrogen) atoms. The monoisotopic (exact) mass is 199 g/mol. The molecule has 0 radical (unpaired) electrons. The van der Waals surface area contributed by atoms with E-state index in [1.165, 1.54) is 0 Å². The van der Waals surface area contributed by atoms with Crippen LogP contribution < -0.4 is 4.74 Å². The first-order valence-electron chi connectivity index (χ1n) is 4.94. The summed E-state index contributed by atoms with van der Waals surface area (Å²) in [7, 11) is 0. The largest absolute Gasteiger partial charge is 0.473 e. The van der Waals surface area contributed by atoms with E-state index >= 15 is 0 Å². The minimum atomic E-state index is 0.566. The first-order valence-corrected chi connectivity index (χ1v) is 4.94. The third kappa shape index (κ3) is 2.81. The normalized spacial score (nSPS) is 9.93. The molecule has 2 rings (SSSR count). The maximum Gasteiger partial charge on any atom is 0.213 e. The van der Waals surface area contributed by atoms with E-state index in [0.717, 1.165) is 11.1 Å². The first kappa shape index (κ1) is 9.71. The van der Waals surface area contributed by atoms with Gasteiger partial charge < -0.3 is 4.74 Å². The molecule has 0 unspecified atom stereocenters. The number of aromatic nitrogens is 1. The first-order chi connectivity index (χ1) is 7.34. The highest BCUT2D eigenvalue weighted by molar-refractivity contribution is 5.18. The predicted octanol–water partition coefficient (Wildman–Crippen LogP) is 2.97. The fourth-order valence-corrected chi connectivity index (χ4v) is 1.27. The molecule has 2 heteroatoms. The van der Waals surface area contributed by atoms with E-state index in [1.807, 2.05) is 49.4 Å². The summed E-state index contributed by atoms with van der Waals surface area (Å²) in [4.78, 5) is 4.17. The van der Waals surface area contributed by atoms with Crippen LogP contribution in [0.2, 0.25) is 0 Å². The van der Waals surface area contributed by atoms with E-state index in [4.69, 9.17) is 4.74 Å². The Labute approximate surface area is 89.6 Å². The van der Waals surface area contributed by atoms with Crippen LogP contribution in [0, 0.1) is 6.92 Å². The lowest BCUT2D eigenvalue weighted by atomic mass is 10.2. The SMILES string of the molecule is Cc1ccc(OCc2ccccc2)nc1. The van der Waals surface area contributed by atoms with Crippen molar-refractivity contribution in [2.75, 3.05) is 0 Å². The van der Waals surface area contributed by atoms with Crippen molar-refractivity contribution in [1.82, 2.24) is 4.98 Å². The van der Waals surface area contributed by atoms with E-state index in [-0.39, 0.29) is 0 Å². The molecule has 0 aliphatic carbocycles. The smallest absolute Gasteiger partial charge is 0.213 e. The van der Waals surface area contributed by atoms with Crippen molar-refractivity contribution in [2.24, 2.45) is 0 Å². The van der Waals surface area contributed by atoms with Gasteiger partial charge in [0.1, 0.15) is 6.61 Å². The van der Waals surface area contributed by atoms with Gasteiger partial charge >= 0.3 is 0 Å². The Balaban J connectivity index is 1.96. The standard InChI is InChI=1S/C13H13NO/c1-11-7-8-13(14-9-11)15-10-12-5-3-2-4-6-12/h2-9H,10H2,1H3. The number of nitrogens with zero attached hydrogens (tertiary/aromatic N) is 1. The number of pyridine rings is 1. The molecular formula is C13H13NO. The summed E-state index contributed by atoms with van der Waals surface area (Å²) in [5.74, 6) is 0.671. The molecular weight excluding hydrogens is 186 g/mol. The van der Waals surface area contributed by atoms with Crippen LogP contribution in [0.3, 0.4) is 0 Å². The number of aryl methyl sites for hydroxylation is 1. The van der Waals surface area contributed by atoms with Crippen molar-refractivity contribution in [3.8, 4) is 5.88 Å². The zero-order chi connectivity index (χ0) is 10.5. The molecule has 0 spiro atoms. The van der Waals surface area contributed by atoms with Gasteiger partial charge in [-0.05, 0) is 18.1 Å². The maximum absolute atomic E-state index is 5.54. The second-order valence-corrected chi connectivity index (χ2v) is 3.45. The molecule has 0 aliphatic heterocycles. The summed E-state index contributed by atoms with van der Waals surface area (Å²) in [5, 5.41) is 0. The van der Waals surface area contributed by atoms with E-state index in [9.17, 15) is 0 Å². The van der Waals surface area contributed by atoms with Gasteiger partial charge in [-0.15, -0.1) is 0 Å². The zero-order valence-electron chi connectivity index (χ0n) is 8.68. The number of hydrogen-bond donors (Lipinski definition) is 0. The predicted molar refractivity (Wildman–Crippen MR) is 59.7 cm³/mol. The molecule has 76 valence electrons. The topological polar surface area (TPSA) is 22.1 Å². The van der Waals surface area contributed by atoms with Crippen LogP contribution in [0.25, 0.3) is 0 Å². The van der Waals surface area contributed by atoms with Crippen LogP contribution in [-0.4, -0.2) is 4.98 Å². The van der Waals surface area contributed by atoms with Gasteiger partial charge in [0.2, 0.25) is 5.88 Å². The van der Waals surface area contributed by atoms with E-state index in [1.54, 1.807) is 6.20 Å². The van der Waals surface area contributed by atoms with Crippen LogP contribution in [0.5, 0.6) is 5.88 Å². The fraction of sp³-hybridized carbons (Fsp3) is 0.154. The van der Waals surface area contributed by atoms with Crippen LogP contribution in [0.4, 0.5) is 0 Å². The Morgan fingerprint density at radius 2 is 1.87 bits per heavy atom. The molecule has 1 aromatic heterocycles. The number of hydrogen-bond acceptors (Lipinski definition) is 2. The molecule has 0 bridgehead atoms. The molecule has 0 aliphatic rings. The Hall–Kier alpha value is -1.83. The summed E-state index contributed by atoms with van der Waals surface area (Å²) in [6.45, 7) is 2.57. The maximum atomic E-state index is 5.54. The van der Waals surface area contributed by atoms with Crippen molar-refractivity contribution < 1.29 is 4.74 Å². The van der Waals surface area contributed by atoms with Crippen LogP contribution in [0.1, 0.15) is 11.1 Å². The van der Waals surface area contributed by atoms with Crippen molar-refractivity contribution in [2.45, 2.75) is 13.5 Å². The van der Waals surface area contributed by atoms with Crippen molar-refractivity contribution in [3.63, 3.8) is 0 Å². The quantitative estimate of drug-likeness (QED) is 0.758. The Morgan fingerprint density at radius 1 is 1.07 bits per heavy atom. The fourth-order valence-electron chi connectivity index (χ4n) is 1.27. The zero-order valence-corrected chi connectivity index (χ0v) is 8.68. The third-order valence-electron chi connectivity index (χ3n) is 2.11. The van der Waals surface area contributed by atoms with Crippen LogP contribution in [-0.2, 0) is 6.61 Å². The van der Waals surface area contributed by atoms with Gasteiger partial charge in [0, 0.05) is 12.3 Å². The van der Waals surface area contributed by atoms with E-state index < -0.39 is 0 Å². The highest BCUT2D eigenvalue weighted by Crippen LogP contribution is 2.09. The number of ether oxygens (including phenoxy) is 1. The van der Waals surface area contributed by atoms with Gasteiger partial charge in [0.15, 0.2) is 0 Å². The Kier molecular flexibility index (Phi) is 2.98. The molecule has 1 aromatic carbocycles. The molecule has 1 heterocycles. The molecule has 0 N–H and O–H groups in total. The second-order valence-electron chi connectivity index (χ2n) is 3.45. The van der Waals surface area contributed by atoms with E-state index in [0.29, 0.717) is 12.5 Å². The molecule has 0 fully saturated rings. The van der Waals surface area contributed by atoms with E-state index in [2.05, 4.69) is 4.98 Å². The van der Waals surface area contributed by atoms with Gasteiger partial charge in [-0.1, -0.05) is 36.4 Å². The molecule has 0 amide bonds. The Bertz CT molecular complexity index is 408. The number of rotatable bonds is 3. The molecule has 0 saturated heterocycles. The summed E-state index contributed by atoms with van der Waals surface area (Å²) >= 11 is 0. The molecule has 2 aromatic rings. The second kappa shape index (κ2) is 4.60. The van der Waals surface area contributed by atoms with Gasteiger partial charge in [0.05, 0.1) is 0 Å². The van der Waals surface area contributed by atoms with Crippen molar-refractivity contribution in [1.29, 1.82) is 0 Å². The highest BCUT2D eigenvalue weighted by atomic mass is 16.5. The minimum Gasteiger partial charge on any atom is -0.473 e. The third-order valence-corrected chi connectivity index (χ3v) is 2.11. The average Bonchev–Trinajstić information content (AvgIpc) is 2.30. The van der Waals surface area contributed by atoms with Crippen molar-refractivity contribution >= 4 is 0 Å². The van der Waals surface area contributed by atoms with Gasteiger partial charge in [-0.3, -0.25) is 0 Å². The van der Waals surface area contributed by atoms with Gasteiger partial charge in [-0.2, -0.15) is 0 Å². The summed E-state index contributed by atoms with van der Waals surface area (Å²) < 4.78 is 5.54. The summed E-state index contributed by atoms with van der Waals surface area (Å²) in [6.07, 6.45) is 1.81. The average molecular weight is 199 g/mol. The number of benzene rings is 1. The molecule has 0 saturated carbocycles. The lowest BCUT2D eigenvalue weighted by Crippen LogP contribution is -1.96. The highest BCUT2D eigenvalue weighted by Gasteiger charge is 1.95. The Morgan fingerprint density at radius 3 is 2.53 bits per heavy atom. The van der Waals surface area contributed by atoms with Gasteiger partial charge in [-0.25, -0.2) is 4.98 Å². The van der Waals surface area contributed by atoms with Gasteiger partial charge in [0.25, 0.3) is 0 Å². The molecule has 2 nitrogen and oxygen atoms in total.